The van der Waals surface area contributed by atoms with Gasteiger partial charge in [-0.1, -0.05) is 30.7 Å². The van der Waals surface area contributed by atoms with Crippen LogP contribution < -0.4 is 4.74 Å². The SMILES string of the molecule is C=C(C)CCCOc1c(CC)cccc1C(C)(C)F. The standard InChI is InChI=1S/C17H25FO/c1-6-14-10-7-11-15(17(4,5)18)16(14)19-12-8-9-13(2)3/h7,10-11H,2,6,8-9,12H2,1,3-5H3. The molecule has 1 aromatic rings. The molecule has 0 aromatic heterocycles. The van der Waals surface area contributed by atoms with Gasteiger partial charge in [-0.15, -0.1) is 6.58 Å². The molecule has 0 aliphatic heterocycles. The van der Waals surface area contributed by atoms with Crippen molar-refractivity contribution < 1.29 is 9.13 Å². The molecule has 0 aliphatic carbocycles. The van der Waals surface area contributed by atoms with Crippen LogP contribution in [0.2, 0.25) is 0 Å². The normalized spacial score (nSPS) is 11.4. The third-order valence-corrected chi connectivity index (χ3v) is 3.11. The van der Waals surface area contributed by atoms with E-state index in [2.05, 4.69) is 13.5 Å². The number of rotatable bonds is 7. The molecular formula is C17H25FO. The van der Waals surface area contributed by atoms with E-state index in [9.17, 15) is 4.39 Å². The van der Waals surface area contributed by atoms with Gasteiger partial charge >= 0.3 is 0 Å². The molecule has 1 rings (SSSR count). The van der Waals surface area contributed by atoms with Crippen molar-refractivity contribution in [2.45, 2.75) is 52.6 Å². The monoisotopic (exact) mass is 264 g/mol. The third kappa shape index (κ3) is 4.70. The molecule has 0 fully saturated rings. The van der Waals surface area contributed by atoms with Crippen molar-refractivity contribution in [1.82, 2.24) is 0 Å². The molecule has 0 bridgehead atoms. The van der Waals surface area contributed by atoms with Crippen LogP contribution in [0, 0.1) is 0 Å². The van der Waals surface area contributed by atoms with Gasteiger partial charge in [-0.2, -0.15) is 0 Å². The van der Waals surface area contributed by atoms with Crippen LogP contribution in [-0.2, 0) is 12.1 Å². The molecule has 0 radical (unpaired) electrons. The second kappa shape index (κ2) is 6.74. The van der Waals surface area contributed by atoms with Crippen molar-refractivity contribution in [3.05, 3.63) is 41.5 Å². The largest absolute Gasteiger partial charge is 0.493 e. The first-order valence-corrected chi connectivity index (χ1v) is 6.94. The molecule has 2 heteroatoms. The quantitative estimate of drug-likeness (QED) is 0.486. The summed E-state index contributed by atoms with van der Waals surface area (Å²) >= 11 is 0. The Balaban J connectivity index is 2.87. The number of para-hydroxylation sites is 1. The Morgan fingerprint density at radius 1 is 1.37 bits per heavy atom. The first-order valence-electron chi connectivity index (χ1n) is 6.94. The van der Waals surface area contributed by atoms with Gasteiger partial charge in [0, 0.05) is 5.56 Å². The highest BCUT2D eigenvalue weighted by Gasteiger charge is 2.24. The number of alkyl halides is 1. The number of hydrogen-bond donors (Lipinski definition) is 0. The molecule has 0 unspecified atom stereocenters. The summed E-state index contributed by atoms with van der Waals surface area (Å²) in [6.07, 6.45) is 2.71. The van der Waals surface area contributed by atoms with E-state index in [0.29, 0.717) is 12.2 Å². The van der Waals surface area contributed by atoms with Crippen LogP contribution in [0.5, 0.6) is 5.75 Å². The number of ether oxygens (including phenoxy) is 1. The van der Waals surface area contributed by atoms with Crippen LogP contribution in [0.15, 0.2) is 30.4 Å². The fraction of sp³-hybridized carbons (Fsp3) is 0.529. The Morgan fingerprint density at radius 2 is 2.05 bits per heavy atom. The maximum absolute atomic E-state index is 14.2. The lowest BCUT2D eigenvalue weighted by Gasteiger charge is -2.21. The van der Waals surface area contributed by atoms with Gasteiger partial charge in [-0.25, -0.2) is 4.39 Å². The van der Waals surface area contributed by atoms with E-state index in [1.165, 1.54) is 0 Å². The van der Waals surface area contributed by atoms with E-state index >= 15 is 0 Å². The van der Waals surface area contributed by atoms with E-state index in [0.717, 1.165) is 36.1 Å². The molecule has 0 amide bonds. The van der Waals surface area contributed by atoms with E-state index in [4.69, 9.17) is 4.74 Å². The molecule has 106 valence electrons. The highest BCUT2D eigenvalue weighted by molar-refractivity contribution is 5.44. The van der Waals surface area contributed by atoms with Crippen molar-refractivity contribution in [2.24, 2.45) is 0 Å². The van der Waals surface area contributed by atoms with Gasteiger partial charge in [-0.3, -0.25) is 0 Å². The minimum Gasteiger partial charge on any atom is -0.493 e. The van der Waals surface area contributed by atoms with E-state index in [-0.39, 0.29) is 0 Å². The van der Waals surface area contributed by atoms with Crippen LogP contribution >= 0.6 is 0 Å². The third-order valence-electron chi connectivity index (χ3n) is 3.11. The second-order valence-corrected chi connectivity index (χ2v) is 5.53. The summed E-state index contributed by atoms with van der Waals surface area (Å²) in [5.41, 5.74) is 1.48. The molecule has 19 heavy (non-hydrogen) atoms. The molecule has 0 N–H and O–H groups in total. The fourth-order valence-electron chi connectivity index (χ4n) is 2.05. The molecular weight excluding hydrogens is 239 g/mol. The van der Waals surface area contributed by atoms with Crippen molar-refractivity contribution in [3.63, 3.8) is 0 Å². The van der Waals surface area contributed by atoms with Gasteiger partial charge in [0.15, 0.2) is 0 Å². The lowest BCUT2D eigenvalue weighted by molar-refractivity contribution is 0.206. The van der Waals surface area contributed by atoms with Crippen LogP contribution in [0.4, 0.5) is 4.39 Å². The average molecular weight is 264 g/mol. The van der Waals surface area contributed by atoms with Crippen LogP contribution in [0.1, 0.15) is 51.7 Å². The van der Waals surface area contributed by atoms with E-state index < -0.39 is 5.67 Å². The Hall–Kier alpha value is -1.31. The summed E-state index contributed by atoms with van der Waals surface area (Å²) in [6, 6.07) is 5.72. The van der Waals surface area contributed by atoms with Crippen molar-refractivity contribution in [3.8, 4) is 5.75 Å². The van der Waals surface area contributed by atoms with Gasteiger partial charge in [0.2, 0.25) is 0 Å². The zero-order valence-corrected chi connectivity index (χ0v) is 12.6. The number of aryl methyl sites for hydroxylation is 1. The van der Waals surface area contributed by atoms with Gasteiger partial charge < -0.3 is 4.74 Å². The molecule has 0 spiro atoms. The second-order valence-electron chi connectivity index (χ2n) is 5.53. The van der Waals surface area contributed by atoms with Crippen molar-refractivity contribution >= 4 is 0 Å². The number of hydrogen-bond acceptors (Lipinski definition) is 1. The van der Waals surface area contributed by atoms with Crippen molar-refractivity contribution in [1.29, 1.82) is 0 Å². The smallest absolute Gasteiger partial charge is 0.134 e. The Bertz CT molecular complexity index is 429. The van der Waals surface area contributed by atoms with Crippen LogP contribution in [0.3, 0.4) is 0 Å². The first kappa shape index (κ1) is 15.7. The molecule has 1 nitrogen and oxygen atoms in total. The summed E-state index contributed by atoms with van der Waals surface area (Å²) in [5.74, 6) is 0.721. The number of halogens is 1. The Labute approximate surface area is 116 Å². The predicted molar refractivity (Wildman–Crippen MR) is 79.5 cm³/mol. The first-order chi connectivity index (χ1) is 8.86. The minimum absolute atomic E-state index is 0.604. The van der Waals surface area contributed by atoms with Gasteiger partial charge in [0.1, 0.15) is 11.4 Å². The van der Waals surface area contributed by atoms with Gasteiger partial charge in [-0.05, 0) is 45.6 Å². The summed E-state index contributed by atoms with van der Waals surface area (Å²) in [6.45, 7) is 11.7. The highest BCUT2D eigenvalue weighted by Crippen LogP contribution is 2.35. The average Bonchev–Trinajstić information content (AvgIpc) is 2.33. The number of benzene rings is 1. The fourth-order valence-corrected chi connectivity index (χ4v) is 2.05. The summed E-state index contributed by atoms with van der Waals surface area (Å²) in [4.78, 5) is 0. The van der Waals surface area contributed by atoms with Crippen LogP contribution in [0.25, 0.3) is 0 Å². The molecule has 0 atom stereocenters. The van der Waals surface area contributed by atoms with E-state index in [1.807, 2.05) is 25.1 Å². The lowest BCUT2D eigenvalue weighted by atomic mass is 9.95. The molecule has 0 saturated carbocycles. The lowest BCUT2D eigenvalue weighted by Crippen LogP contribution is -2.13. The predicted octanol–water partition coefficient (Wildman–Crippen LogP) is 5.19. The number of allylic oxidation sites excluding steroid dienone is 1. The van der Waals surface area contributed by atoms with Gasteiger partial charge in [0.05, 0.1) is 6.61 Å². The summed E-state index contributed by atoms with van der Waals surface area (Å²) in [5, 5.41) is 0. The molecule has 0 heterocycles. The highest BCUT2D eigenvalue weighted by atomic mass is 19.1. The molecule has 1 aromatic carbocycles. The van der Waals surface area contributed by atoms with E-state index in [1.54, 1.807) is 13.8 Å². The summed E-state index contributed by atoms with van der Waals surface area (Å²) < 4.78 is 20.1. The molecule has 0 aliphatic rings. The summed E-state index contributed by atoms with van der Waals surface area (Å²) in [7, 11) is 0. The zero-order valence-electron chi connectivity index (χ0n) is 12.6. The Morgan fingerprint density at radius 3 is 2.58 bits per heavy atom. The zero-order chi connectivity index (χ0) is 14.5. The maximum atomic E-state index is 14.2. The van der Waals surface area contributed by atoms with Crippen molar-refractivity contribution in [2.75, 3.05) is 6.61 Å². The molecule has 0 saturated heterocycles. The maximum Gasteiger partial charge on any atom is 0.134 e. The Kier molecular flexibility index (Phi) is 5.59. The topological polar surface area (TPSA) is 9.23 Å². The minimum atomic E-state index is -1.38. The van der Waals surface area contributed by atoms with Crippen LogP contribution in [-0.4, -0.2) is 6.61 Å². The van der Waals surface area contributed by atoms with Gasteiger partial charge in [0.25, 0.3) is 0 Å².